The van der Waals surface area contributed by atoms with Crippen LogP contribution in [0.2, 0.25) is 0 Å². The van der Waals surface area contributed by atoms with Gasteiger partial charge in [-0.25, -0.2) is 0 Å². The third-order valence-electron chi connectivity index (χ3n) is 3.41. The fraction of sp³-hybridized carbons (Fsp3) is 0.294. The average molecular weight is 301 g/mol. The average Bonchev–Trinajstić information content (AvgIpc) is 2.73. The van der Waals surface area contributed by atoms with Crippen molar-refractivity contribution in [3.8, 4) is 0 Å². The summed E-state index contributed by atoms with van der Waals surface area (Å²) in [5, 5.41) is -0.173. The molecule has 1 unspecified atom stereocenters. The van der Waals surface area contributed by atoms with Crippen LogP contribution in [0.15, 0.2) is 46.9 Å². The van der Waals surface area contributed by atoms with Crippen LogP contribution in [0.25, 0.3) is 6.08 Å². The number of amides is 2. The van der Waals surface area contributed by atoms with Crippen molar-refractivity contribution in [3.05, 3.63) is 52.4 Å². The minimum Gasteiger partial charge on any atom is -0.268 e. The first-order valence-corrected chi connectivity index (χ1v) is 7.85. The first-order chi connectivity index (χ1) is 10.0. The molecule has 0 N–H and O–H groups in total. The topological polar surface area (TPSA) is 37.4 Å². The van der Waals surface area contributed by atoms with Gasteiger partial charge in [-0.15, -0.1) is 0 Å². The van der Waals surface area contributed by atoms with Gasteiger partial charge in [0.2, 0.25) is 0 Å². The van der Waals surface area contributed by atoms with E-state index in [1.54, 1.807) is 6.08 Å². The van der Waals surface area contributed by atoms with E-state index in [1.807, 2.05) is 57.2 Å². The van der Waals surface area contributed by atoms with Gasteiger partial charge in [0.15, 0.2) is 0 Å². The van der Waals surface area contributed by atoms with Gasteiger partial charge in [-0.05, 0) is 49.2 Å². The molecule has 3 nitrogen and oxygen atoms in total. The van der Waals surface area contributed by atoms with Crippen molar-refractivity contribution in [1.29, 1.82) is 0 Å². The van der Waals surface area contributed by atoms with E-state index in [0.29, 0.717) is 4.91 Å². The minimum absolute atomic E-state index is 0.0539. The lowest BCUT2D eigenvalue weighted by molar-refractivity contribution is -0.124. The molecule has 1 aromatic carbocycles. The Balaban J connectivity index is 2.21. The number of thioether (sulfide) groups is 1. The minimum atomic E-state index is -0.180. The largest absolute Gasteiger partial charge is 0.293 e. The lowest BCUT2D eigenvalue weighted by Crippen LogP contribution is -2.36. The molecule has 0 aromatic heterocycles. The molecular weight excluding hydrogens is 282 g/mol. The van der Waals surface area contributed by atoms with Crippen molar-refractivity contribution in [2.45, 2.75) is 33.2 Å². The van der Waals surface area contributed by atoms with Crippen molar-refractivity contribution in [2.75, 3.05) is 0 Å². The molecule has 0 saturated carbocycles. The van der Waals surface area contributed by atoms with Crippen LogP contribution in [0.1, 0.15) is 32.8 Å². The highest BCUT2D eigenvalue weighted by Crippen LogP contribution is 2.33. The summed E-state index contributed by atoms with van der Waals surface area (Å²) in [4.78, 5) is 26.1. The van der Waals surface area contributed by atoms with Gasteiger partial charge in [0, 0.05) is 6.04 Å². The van der Waals surface area contributed by atoms with E-state index in [9.17, 15) is 9.59 Å². The fourth-order valence-corrected chi connectivity index (χ4v) is 3.08. The molecule has 21 heavy (non-hydrogen) atoms. The maximum Gasteiger partial charge on any atom is 0.293 e. The Kier molecular flexibility index (Phi) is 5.02. The van der Waals surface area contributed by atoms with E-state index in [4.69, 9.17) is 0 Å². The summed E-state index contributed by atoms with van der Waals surface area (Å²) in [7, 11) is 0. The predicted molar refractivity (Wildman–Crippen MR) is 87.8 cm³/mol. The van der Waals surface area contributed by atoms with Crippen LogP contribution in [0, 0.1) is 0 Å². The normalized spacial score (nSPS) is 19.5. The molecule has 1 aliphatic rings. The van der Waals surface area contributed by atoms with Crippen LogP contribution in [0.4, 0.5) is 4.79 Å². The number of hydrogen-bond donors (Lipinski definition) is 0. The number of benzene rings is 1. The molecule has 110 valence electrons. The van der Waals surface area contributed by atoms with Gasteiger partial charge in [0.05, 0.1) is 4.91 Å². The summed E-state index contributed by atoms with van der Waals surface area (Å²) in [5.74, 6) is -0.180. The fourth-order valence-electron chi connectivity index (χ4n) is 2.10. The smallest absolute Gasteiger partial charge is 0.268 e. The van der Waals surface area contributed by atoms with Crippen LogP contribution in [-0.2, 0) is 4.79 Å². The molecule has 4 heteroatoms. The van der Waals surface area contributed by atoms with Gasteiger partial charge < -0.3 is 0 Å². The van der Waals surface area contributed by atoms with Gasteiger partial charge in [0.25, 0.3) is 11.1 Å². The molecule has 1 atom stereocenters. The molecule has 0 spiro atoms. The highest BCUT2D eigenvalue weighted by molar-refractivity contribution is 8.18. The molecule has 1 aliphatic heterocycles. The number of imide groups is 1. The van der Waals surface area contributed by atoms with Crippen LogP contribution in [0.5, 0.6) is 0 Å². The maximum absolute atomic E-state index is 12.3. The Morgan fingerprint density at radius 3 is 2.57 bits per heavy atom. The second-order valence-corrected chi connectivity index (χ2v) is 6.10. The summed E-state index contributed by atoms with van der Waals surface area (Å²) in [6.45, 7) is 5.80. The summed E-state index contributed by atoms with van der Waals surface area (Å²) >= 11 is 1.02. The van der Waals surface area contributed by atoms with Crippen LogP contribution < -0.4 is 0 Å². The van der Waals surface area contributed by atoms with Gasteiger partial charge in [-0.2, -0.15) is 0 Å². The number of hydrogen-bond acceptors (Lipinski definition) is 3. The van der Waals surface area contributed by atoms with Crippen molar-refractivity contribution < 1.29 is 9.59 Å². The second-order valence-electron chi connectivity index (χ2n) is 5.11. The molecular formula is C17H19NO2S. The number of carbonyl (C=O) groups is 2. The van der Waals surface area contributed by atoms with Crippen molar-refractivity contribution >= 4 is 29.0 Å². The molecule has 2 amide bonds. The Labute approximate surface area is 129 Å². The third-order valence-corrected chi connectivity index (χ3v) is 4.29. The quantitative estimate of drug-likeness (QED) is 0.770. The number of carbonyl (C=O) groups excluding carboxylic acids is 2. The predicted octanol–water partition coefficient (Wildman–Crippen LogP) is 4.47. The zero-order valence-electron chi connectivity index (χ0n) is 12.5. The zero-order valence-corrected chi connectivity index (χ0v) is 13.3. The summed E-state index contributed by atoms with van der Waals surface area (Å²) in [6.07, 6.45) is 4.56. The van der Waals surface area contributed by atoms with E-state index in [0.717, 1.165) is 29.3 Å². The van der Waals surface area contributed by atoms with Crippen LogP contribution in [-0.4, -0.2) is 22.1 Å². The molecule has 1 heterocycles. The molecule has 0 radical (unpaired) electrons. The van der Waals surface area contributed by atoms with Crippen molar-refractivity contribution in [2.24, 2.45) is 0 Å². The first-order valence-electron chi connectivity index (χ1n) is 7.03. The monoisotopic (exact) mass is 301 g/mol. The zero-order chi connectivity index (χ0) is 15.4. The first kappa shape index (κ1) is 15.6. The Bertz CT molecular complexity index is 604. The lowest BCUT2D eigenvalue weighted by atomic mass is 10.1. The summed E-state index contributed by atoms with van der Waals surface area (Å²) in [6, 6.07) is 9.85. The van der Waals surface area contributed by atoms with E-state index in [1.165, 1.54) is 4.90 Å². The molecule has 1 fully saturated rings. The van der Waals surface area contributed by atoms with Crippen molar-refractivity contribution in [1.82, 2.24) is 4.90 Å². The highest BCUT2D eigenvalue weighted by atomic mass is 32.2. The molecule has 1 aromatic rings. The Morgan fingerprint density at radius 2 is 1.95 bits per heavy atom. The number of allylic oxidation sites excluding steroid dienone is 2. The standard InChI is InChI=1S/C17H19NO2S/c1-4-13(3)18-16(19)15(21-17(18)20)11-12(2)10-14-8-6-5-7-9-14/h5-11,13H,4H2,1-3H3/b12-10+,15-11-. The molecule has 0 aliphatic carbocycles. The van der Waals surface area contributed by atoms with Gasteiger partial charge in [-0.1, -0.05) is 43.3 Å². The van der Waals surface area contributed by atoms with Crippen LogP contribution >= 0.6 is 11.8 Å². The van der Waals surface area contributed by atoms with Crippen molar-refractivity contribution in [3.63, 3.8) is 0 Å². The Morgan fingerprint density at radius 1 is 1.29 bits per heavy atom. The number of nitrogens with zero attached hydrogens (tertiary/aromatic N) is 1. The molecule has 2 rings (SSSR count). The maximum atomic E-state index is 12.3. The van der Waals surface area contributed by atoms with E-state index in [-0.39, 0.29) is 17.2 Å². The van der Waals surface area contributed by atoms with Gasteiger partial charge >= 0.3 is 0 Å². The van der Waals surface area contributed by atoms with E-state index < -0.39 is 0 Å². The van der Waals surface area contributed by atoms with Gasteiger partial charge in [-0.3, -0.25) is 14.5 Å². The van der Waals surface area contributed by atoms with Gasteiger partial charge in [0.1, 0.15) is 0 Å². The van der Waals surface area contributed by atoms with E-state index in [2.05, 4.69) is 0 Å². The third kappa shape index (κ3) is 3.64. The second kappa shape index (κ2) is 6.76. The van der Waals surface area contributed by atoms with E-state index >= 15 is 0 Å². The number of rotatable bonds is 4. The SMILES string of the molecule is CCC(C)N1C(=O)S/C(=C\C(C)=C\c2ccccc2)C1=O. The van der Waals surface area contributed by atoms with Crippen LogP contribution in [0.3, 0.4) is 0 Å². The molecule has 1 saturated heterocycles. The molecule has 0 bridgehead atoms. The lowest BCUT2D eigenvalue weighted by Gasteiger charge is -2.19. The summed E-state index contributed by atoms with van der Waals surface area (Å²) in [5.41, 5.74) is 2.03. The summed E-state index contributed by atoms with van der Waals surface area (Å²) < 4.78 is 0. The Hall–Kier alpha value is -1.81. The highest BCUT2D eigenvalue weighted by Gasteiger charge is 2.37.